The number of carbonyl (C=O) groups is 1. The van der Waals surface area contributed by atoms with Crippen molar-refractivity contribution in [1.29, 1.82) is 0 Å². The number of benzene rings is 1. The van der Waals surface area contributed by atoms with Gasteiger partial charge in [0.05, 0.1) is 12.2 Å². The van der Waals surface area contributed by atoms with Crippen LogP contribution < -0.4 is 10.6 Å². The van der Waals surface area contributed by atoms with Crippen molar-refractivity contribution in [3.8, 4) is 0 Å². The molecule has 26 heavy (non-hydrogen) atoms. The van der Waals surface area contributed by atoms with Crippen LogP contribution in [-0.2, 0) is 6.42 Å². The van der Waals surface area contributed by atoms with Gasteiger partial charge in [0.1, 0.15) is 0 Å². The summed E-state index contributed by atoms with van der Waals surface area (Å²) in [6.45, 7) is 4.64. The monoisotopic (exact) mass is 352 g/mol. The lowest BCUT2D eigenvalue weighted by Crippen LogP contribution is -2.29. The second-order valence-corrected chi connectivity index (χ2v) is 6.88. The van der Waals surface area contributed by atoms with Gasteiger partial charge in [0.25, 0.3) is 5.91 Å². The molecule has 7 nitrogen and oxygen atoms in total. The van der Waals surface area contributed by atoms with Gasteiger partial charge in [-0.05, 0) is 56.5 Å². The third-order valence-electron chi connectivity index (χ3n) is 5.10. The molecule has 3 aromatic rings. The second-order valence-electron chi connectivity index (χ2n) is 6.88. The van der Waals surface area contributed by atoms with Gasteiger partial charge in [-0.25, -0.2) is 4.68 Å². The first-order chi connectivity index (χ1) is 12.7. The Morgan fingerprint density at radius 2 is 2.19 bits per heavy atom. The highest BCUT2D eigenvalue weighted by atomic mass is 16.2. The summed E-state index contributed by atoms with van der Waals surface area (Å²) >= 11 is 0. The topological polar surface area (TPSA) is 87.6 Å². The number of fused-ring (bicyclic) bond motifs is 1. The molecule has 3 heterocycles. The van der Waals surface area contributed by atoms with E-state index < -0.39 is 0 Å². The predicted octanol–water partition coefficient (Wildman–Crippen LogP) is 1.96. The van der Waals surface area contributed by atoms with Crippen molar-refractivity contribution >= 4 is 16.8 Å². The Labute approximate surface area is 152 Å². The Kier molecular flexibility index (Phi) is 4.71. The van der Waals surface area contributed by atoms with Crippen LogP contribution in [0.15, 0.2) is 30.6 Å². The molecular weight excluding hydrogens is 328 g/mol. The number of piperidine rings is 1. The number of hydrogen-bond acceptors (Lipinski definition) is 4. The van der Waals surface area contributed by atoms with Crippen molar-refractivity contribution in [2.45, 2.75) is 32.2 Å². The van der Waals surface area contributed by atoms with Crippen LogP contribution in [0.2, 0.25) is 0 Å². The first-order valence-corrected chi connectivity index (χ1v) is 9.18. The Hall–Kier alpha value is -2.67. The summed E-state index contributed by atoms with van der Waals surface area (Å²) in [6, 6.07) is 6.56. The summed E-state index contributed by atoms with van der Waals surface area (Å²) in [7, 11) is 0. The van der Waals surface area contributed by atoms with Crippen molar-refractivity contribution in [2.24, 2.45) is 0 Å². The predicted molar refractivity (Wildman–Crippen MR) is 100 cm³/mol. The molecule has 0 spiro atoms. The maximum absolute atomic E-state index is 12.4. The summed E-state index contributed by atoms with van der Waals surface area (Å²) in [6.07, 6.45) is 6.60. The molecule has 1 aliphatic rings. The van der Waals surface area contributed by atoms with E-state index in [4.69, 9.17) is 0 Å². The van der Waals surface area contributed by atoms with Gasteiger partial charge in [-0.3, -0.25) is 4.79 Å². The van der Waals surface area contributed by atoms with Gasteiger partial charge in [-0.1, -0.05) is 17.3 Å². The molecule has 2 aromatic heterocycles. The number of amides is 1. The zero-order valence-corrected chi connectivity index (χ0v) is 15.0. The molecule has 0 aliphatic carbocycles. The molecule has 0 bridgehead atoms. The zero-order chi connectivity index (χ0) is 17.9. The fourth-order valence-electron chi connectivity index (χ4n) is 3.68. The standard InChI is InChI=1S/C19H24N6O/c1-13-3-2-4-16-18(13)14(11-22-16)5-10-21-19(26)17-12-25(24-23-17)15-6-8-20-9-7-15/h2-4,11-12,15,20,22H,5-10H2,1H3,(H,21,26). The molecule has 0 atom stereocenters. The fraction of sp³-hybridized carbons (Fsp3) is 0.421. The summed E-state index contributed by atoms with van der Waals surface area (Å²) in [5.74, 6) is -0.165. The molecule has 0 saturated carbocycles. The van der Waals surface area contributed by atoms with Crippen LogP contribution >= 0.6 is 0 Å². The van der Waals surface area contributed by atoms with E-state index in [0.717, 1.165) is 37.9 Å². The number of nitrogens with zero attached hydrogens (tertiary/aromatic N) is 3. The van der Waals surface area contributed by atoms with Crippen molar-refractivity contribution in [3.05, 3.63) is 47.4 Å². The molecule has 136 valence electrons. The van der Waals surface area contributed by atoms with Crippen LogP contribution in [0.4, 0.5) is 0 Å². The molecule has 1 saturated heterocycles. The van der Waals surface area contributed by atoms with E-state index in [9.17, 15) is 4.79 Å². The lowest BCUT2D eigenvalue weighted by molar-refractivity contribution is 0.0949. The van der Waals surface area contributed by atoms with Crippen molar-refractivity contribution in [3.63, 3.8) is 0 Å². The number of rotatable bonds is 5. The maximum Gasteiger partial charge on any atom is 0.273 e. The highest BCUT2D eigenvalue weighted by Crippen LogP contribution is 2.22. The summed E-state index contributed by atoms with van der Waals surface area (Å²) < 4.78 is 1.83. The highest BCUT2D eigenvalue weighted by Gasteiger charge is 2.18. The summed E-state index contributed by atoms with van der Waals surface area (Å²) in [5.41, 5.74) is 3.99. The van der Waals surface area contributed by atoms with E-state index in [1.807, 2.05) is 16.9 Å². The van der Waals surface area contributed by atoms with Gasteiger partial charge in [-0.15, -0.1) is 5.10 Å². The van der Waals surface area contributed by atoms with Gasteiger partial charge < -0.3 is 15.6 Å². The number of aromatic amines is 1. The van der Waals surface area contributed by atoms with Gasteiger partial charge in [0.15, 0.2) is 5.69 Å². The van der Waals surface area contributed by atoms with Crippen LogP contribution in [0.3, 0.4) is 0 Å². The van der Waals surface area contributed by atoms with Crippen LogP contribution in [0.5, 0.6) is 0 Å². The first kappa shape index (κ1) is 16.8. The van der Waals surface area contributed by atoms with Crippen LogP contribution in [0.1, 0.15) is 40.5 Å². The van der Waals surface area contributed by atoms with E-state index in [0.29, 0.717) is 18.3 Å². The largest absolute Gasteiger partial charge is 0.361 e. The highest BCUT2D eigenvalue weighted by molar-refractivity contribution is 5.92. The van der Waals surface area contributed by atoms with E-state index in [-0.39, 0.29) is 5.91 Å². The molecule has 0 radical (unpaired) electrons. The average Bonchev–Trinajstić information content (AvgIpc) is 3.31. The number of aromatic nitrogens is 4. The number of hydrogen-bond donors (Lipinski definition) is 3. The summed E-state index contributed by atoms with van der Waals surface area (Å²) in [5, 5.41) is 15.7. The first-order valence-electron chi connectivity index (χ1n) is 9.18. The minimum absolute atomic E-state index is 0.165. The van der Waals surface area contributed by atoms with Crippen molar-refractivity contribution in [1.82, 2.24) is 30.6 Å². The quantitative estimate of drug-likeness (QED) is 0.655. The molecular formula is C19H24N6O. The van der Waals surface area contributed by atoms with E-state index in [1.165, 1.54) is 16.5 Å². The second kappa shape index (κ2) is 7.29. The third-order valence-corrected chi connectivity index (χ3v) is 5.10. The molecule has 1 fully saturated rings. The number of carbonyl (C=O) groups excluding carboxylic acids is 1. The van der Waals surface area contributed by atoms with E-state index in [1.54, 1.807) is 6.20 Å². The Bertz CT molecular complexity index is 906. The molecule has 1 aromatic carbocycles. The van der Waals surface area contributed by atoms with E-state index >= 15 is 0 Å². The normalized spacial score (nSPS) is 15.4. The van der Waals surface area contributed by atoms with E-state index in [2.05, 4.69) is 45.0 Å². The summed E-state index contributed by atoms with van der Waals surface area (Å²) in [4.78, 5) is 15.6. The Morgan fingerprint density at radius 1 is 1.35 bits per heavy atom. The third kappa shape index (κ3) is 3.35. The van der Waals surface area contributed by atoms with Crippen molar-refractivity contribution in [2.75, 3.05) is 19.6 Å². The lowest BCUT2D eigenvalue weighted by atomic mass is 10.1. The smallest absolute Gasteiger partial charge is 0.273 e. The van der Waals surface area contributed by atoms with Crippen LogP contribution in [0.25, 0.3) is 10.9 Å². The van der Waals surface area contributed by atoms with Crippen LogP contribution in [-0.4, -0.2) is 45.5 Å². The Morgan fingerprint density at radius 3 is 3.04 bits per heavy atom. The van der Waals surface area contributed by atoms with Crippen molar-refractivity contribution < 1.29 is 4.79 Å². The fourth-order valence-corrected chi connectivity index (χ4v) is 3.68. The molecule has 7 heteroatoms. The molecule has 1 amide bonds. The average molecular weight is 352 g/mol. The SMILES string of the molecule is Cc1cccc2[nH]cc(CCNC(=O)c3cn(C4CCNCC4)nn3)c12. The molecule has 3 N–H and O–H groups in total. The van der Waals surface area contributed by atoms with Gasteiger partial charge >= 0.3 is 0 Å². The minimum Gasteiger partial charge on any atom is -0.361 e. The molecule has 4 rings (SSSR count). The number of H-pyrrole nitrogens is 1. The number of aryl methyl sites for hydroxylation is 1. The van der Waals surface area contributed by atoms with Gasteiger partial charge in [-0.2, -0.15) is 0 Å². The molecule has 1 aliphatic heterocycles. The van der Waals surface area contributed by atoms with Gasteiger partial charge in [0, 0.05) is 23.6 Å². The Balaban J connectivity index is 1.36. The number of nitrogens with one attached hydrogen (secondary N) is 3. The van der Waals surface area contributed by atoms with Gasteiger partial charge in [0.2, 0.25) is 0 Å². The molecule has 0 unspecified atom stereocenters. The maximum atomic E-state index is 12.4. The lowest BCUT2D eigenvalue weighted by Gasteiger charge is -2.22. The zero-order valence-electron chi connectivity index (χ0n) is 15.0. The van der Waals surface area contributed by atoms with Crippen LogP contribution in [0, 0.1) is 6.92 Å². The minimum atomic E-state index is -0.165.